The molecule has 1 amide bonds. The minimum atomic E-state index is -0.0963. The molecule has 0 spiro atoms. The van der Waals surface area contributed by atoms with Gasteiger partial charge in [-0.1, -0.05) is 40.0 Å². The Bertz CT molecular complexity index is 198. The standard InChI is InChI=1S/C13H28N2O.ClH/c1-5-7-9-12(8-6-2)15-13(16)10(3)11(4)14;/h10-12H,5-9,14H2,1-4H3,(H,15,16);1H. The van der Waals surface area contributed by atoms with Crippen LogP contribution in [-0.2, 0) is 4.79 Å². The Morgan fingerprint density at radius 1 is 1.18 bits per heavy atom. The summed E-state index contributed by atoms with van der Waals surface area (Å²) in [4.78, 5) is 11.8. The number of carbonyl (C=O) groups excluding carboxylic acids is 1. The monoisotopic (exact) mass is 264 g/mol. The van der Waals surface area contributed by atoms with Crippen molar-refractivity contribution in [3.63, 3.8) is 0 Å². The van der Waals surface area contributed by atoms with Gasteiger partial charge in [-0.25, -0.2) is 0 Å². The summed E-state index contributed by atoms with van der Waals surface area (Å²) in [5, 5.41) is 3.11. The summed E-state index contributed by atoms with van der Waals surface area (Å²) in [6.07, 6.45) is 5.62. The van der Waals surface area contributed by atoms with Crippen molar-refractivity contribution in [2.75, 3.05) is 0 Å². The molecule has 3 unspecified atom stereocenters. The predicted octanol–water partition coefficient (Wildman–Crippen LogP) is 2.87. The number of nitrogens with one attached hydrogen (secondary N) is 1. The molecule has 0 bridgehead atoms. The van der Waals surface area contributed by atoms with E-state index in [9.17, 15) is 4.79 Å². The third-order valence-corrected chi connectivity index (χ3v) is 3.09. The zero-order chi connectivity index (χ0) is 12.6. The maximum Gasteiger partial charge on any atom is 0.224 e. The molecule has 0 aromatic rings. The zero-order valence-corrected chi connectivity index (χ0v) is 12.5. The quantitative estimate of drug-likeness (QED) is 0.708. The summed E-state index contributed by atoms with van der Waals surface area (Å²) in [6.45, 7) is 8.10. The molecule has 0 aliphatic heterocycles. The Balaban J connectivity index is 0. The SMILES string of the molecule is CCCCC(CCC)NC(=O)C(C)C(C)N.Cl. The second-order valence-electron chi connectivity index (χ2n) is 4.78. The van der Waals surface area contributed by atoms with Gasteiger partial charge in [-0.05, 0) is 19.8 Å². The fourth-order valence-electron chi connectivity index (χ4n) is 1.66. The molecule has 0 aromatic heterocycles. The van der Waals surface area contributed by atoms with Crippen LogP contribution in [0.2, 0.25) is 0 Å². The van der Waals surface area contributed by atoms with E-state index in [1.54, 1.807) is 0 Å². The molecule has 0 saturated heterocycles. The number of unbranched alkanes of at least 4 members (excludes halogenated alkanes) is 1. The molecule has 104 valence electrons. The molecule has 0 aliphatic rings. The van der Waals surface area contributed by atoms with Crippen molar-refractivity contribution in [3.05, 3.63) is 0 Å². The molecular formula is C13H29ClN2O. The number of carbonyl (C=O) groups is 1. The fraction of sp³-hybridized carbons (Fsp3) is 0.923. The van der Waals surface area contributed by atoms with E-state index in [1.807, 2.05) is 13.8 Å². The van der Waals surface area contributed by atoms with E-state index in [0.717, 1.165) is 19.3 Å². The van der Waals surface area contributed by atoms with Crippen LogP contribution >= 0.6 is 12.4 Å². The van der Waals surface area contributed by atoms with Crippen molar-refractivity contribution in [1.82, 2.24) is 5.32 Å². The predicted molar refractivity (Wildman–Crippen MR) is 76.4 cm³/mol. The molecule has 0 radical (unpaired) electrons. The Kier molecular flexibility index (Phi) is 12.2. The Morgan fingerprint density at radius 2 is 1.76 bits per heavy atom. The number of hydrogen-bond acceptors (Lipinski definition) is 2. The van der Waals surface area contributed by atoms with Gasteiger partial charge >= 0.3 is 0 Å². The van der Waals surface area contributed by atoms with Gasteiger partial charge in [0.15, 0.2) is 0 Å². The lowest BCUT2D eigenvalue weighted by atomic mass is 10.0. The van der Waals surface area contributed by atoms with Crippen LogP contribution in [-0.4, -0.2) is 18.0 Å². The van der Waals surface area contributed by atoms with E-state index in [1.165, 1.54) is 12.8 Å². The summed E-state index contributed by atoms with van der Waals surface area (Å²) in [5.74, 6) is 0.00513. The van der Waals surface area contributed by atoms with Crippen LogP contribution < -0.4 is 11.1 Å². The lowest BCUT2D eigenvalue weighted by molar-refractivity contribution is -0.125. The van der Waals surface area contributed by atoms with Gasteiger partial charge in [0.2, 0.25) is 5.91 Å². The van der Waals surface area contributed by atoms with E-state index in [0.29, 0.717) is 6.04 Å². The minimum Gasteiger partial charge on any atom is -0.353 e. The molecule has 0 heterocycles. The van der Waals surface area contributed by atoms with Crippen LogP contribution in [0.15, 0.2) is 0 Å². The van der Waals surface area contributed by atoms with E-state index >= 15 is 0 Å². The second kappa shape index (κ2) is 10.8. The molecule has 0 saturated carbocycles. The first-order valence-corrected chi connectivity index (χ1v) is 6.58. The van der Waals surface area contributed by atoms with Gasteiger partial charge in [-0.15, -0.1) is 12.4 Å². The second-order valence-corrected chi connectivity index (χ2v) is 4.78. The first kappa shape index (κ1) is 19.1. The Hall–Kier alpha value is -0.280. The van der Waals surface area contributed by atoms with E-state index < -0.39 is 0 Å². The third-order valence-electron chi connectivity index (χ3n) is 3.09. The Labute approximate surface area is 112 Å². The molecule has 0 fully saturated rings. The number of amides is 1. The number of halogens is 1. The van der Waals surface area contributed by atoms with Gasteiger partial charge in [-0.3, -0.25) is 4.79 Å². The highest BCUT2D eigenvalue weighted by molar-refractivity contribution is 5.85. The normalized spacial score (nSPS) is 15.6. The molecule has 0 aliphatic carbocycles. The summed E-state index contributed by atoms with van der Waals surface area (Å²) < 4.78 is 0. The largest absolute Gasteiger partial charge is 0.353 e. The van der Waals surface area contributed by atoms with E-state index in [2.05, 4.69) is 19.2 Å². The highest BCUT2D eigenvalue weighted by atomic mass is 35.5. The van der Waals surface area contributed by atoms with Gasteiger partial charge in [-0.2, -0.15) is 0 Å². The Morgan fingerprint density at radius 3 is 2.18 bits per heavy atom. The average Bonchev–Trinajstić information content (AvgIpc) is 2.24. The lowest BCUT2D eigenvalue weighted by Gasteiger charge is -2.22. The van der Waals surface area contributed by atoms with Crippen LogP contribution in [0.3, 0.4) is 0 Å². The maximum absolute atomic E-state index is 11.8. The van der Waals surface area contributed by atoms with Gasteiger partial charge in [0.1, 0.15) is 0 Å². The first-order chi connectivity index (χ1) is 7.52. The molecule has 3 N–H and O–H groups in total. The van der Waals surface area contributed by atoms with Crippen molar-refractivity contribution < 1.29 is 4.79 Å². The van der Waals surface area contributed by atoms with Crippen molar-refractivity contribution in [2.45, 2.75) is 71.9 Å². The van der Waals surface area contributed by atoms with Crippen molar-refractivity contribution in [1.29, 1.82) is 0 Å². The molecule has 0 aromatic carbocycles. The number of rotatable bonds is 8. The molecule has 4 heteroatoms. The smallest absolute Gasteiger partial charge is 0.224 e. The average molecular weight is 265 g/mol. The van der Waals surface area contributed by atoms with E-state index in [4.69, 9.17) is 5.73 Å². The molecule has 0 rings (SSSR count). The van der Waals surface area contributed by atoms with Gasteiger partial charge < -0.3 is 11.1 Å². The summed E-state index contributed by atoms with van der Waals surface area (Å²) in [5.41, 5.74) is 5.73. The topological polar surface area (TPSA) is 55.1 Å². The highest BCUT2D eigenvalue weighted by Crippen LogP contribution is 2.09. The molecule has 17 heavy (non-hydrogen) atoms. The van der Waals surface area contributed by atoms with Crippen molar-refractivity contribution in [3.8, 4) is 0 Å². The van der Waals surface area contributed by atoms with Crippen molar-refractivity contribution >= 4 is 18.3 Å². The zero-order valence-electron chi connectivity index (χ0n) is 11.7. The van der Waals surface area contributed by atoms with Gasteiger partial charge in [0.05, 0.1) is 0 Å². The maximum atomic E-state index is 11.8. The van der Waals surface area contributed by atoms with Crippen LogP contribution in [0, 0.1) is 5.92 Å². The van der Waals surface area contributed by atoms with Gasteiger partial charge in [0.25, 0.3) is 0 Å². The van der Waals surface area contributed by atoms with Crippen LogP contribution in [0.25, 0.3) is 0 Å². The van der Waals surface area contributed by atoms with Crippen LogP contribution in [0.1, 0.15) is 59.8 Å². The highest BCUT2D eigenvalue weighted by Gasteiger charge is 2.19. The third kappa shape index (κ3) is 8.44. The van der Waals surface area contributed by atoms with Crippen LogP contribution in [0.4, 0.5) is 0 Å². The summed E-state index contributed by atoms with van der Waals surface area (Å²) in [7, 11) is 0. The molecular weight excluding hydrogens is 236 g/mol. The summed E-state index contributed by atoms with van der Waals surface area (Å²) >= 11 is 0. The summed E-state index contributed by atoms with van der Waals surface area (Å²) in [6, 6.07) is 0.257. The van der Waals surface area contributed by atoms with Gasteiger partial charge in [0, 0.05) is 18.0 Å². The van der Waals surface area contributed by atoms with Crippen molar-refractivity contribution in [2.24, 2.45) is 11.7 Å². The fourth-order valence-corrected chi connectivity index (χ4v) is 1.66. The molecule has 3 atom stereocenters. The molecule has 3 nitrogen and oxygen atoms in total. The number of nitrogens with two attached hydrogens (primary N) is 1. The lowest BCUT2D eigenvalue weighted by Crippen LogP contribution is -2.43. The van der Waals surface area contributed by atoms with Crippen LogP contribution in [0.5, 0.6) is 0 Å². The number of hydrogen-bond donors (Lipinski definition) is 2. The minimum absolute atomic E-state index is 0. The first-order valence-electron chi connectivity index (χ1n) is 6.58. The van der Waals surface area contributed by atoms with E-state index in [-0.39, 0.29) is 30.3 Å².